The molecule has 0 saturated heterocycles. The molecule has 0 aliphatic heterocycles. The summed E-state index contributed by atoms with van der Waals surface area (Å²) in [6, 6.07) is -0.313. The van der Waals surface area contributed by atoms with Crippen LogP contribution in [0.1, 0.15) is 11.1 Å². The van der Waals surface area contributed by atoms with E-state index in [1.54, 1.807) is 0 Å². The summed E-state index contributed by atoms with van der Waals surface area (Å²) in [5.74, 6) is 0. The van der Waals surface area contributed by atoms with Gasteiger partial charge in [-0.2, -0.15) is 23.7 Å². The van der Waals surface area contributed by atoms with Crippen LogP contribution in [-0.2, 0) is 6.18 Å². The highest BCUT2D eigenvalue weighted by Gasteiger charge is 2.36. The number of halogens is 3. The molecule has 0 saturated carbocycles. The number of nitro benzene ring substituents is 1. The van der Waals surface area contributed by atoms with E-state index < -0.39 is 39.6 Å². The molecule has 0 aliphatic rings. The van der Waals surface area contributed by atoms with E-state index in [1.807, 2.05) is 0 Å². The molecule has 0 bridgehead atoms. The van der Waals surface area contributed by atoms with Crippen LogP contribution in [0.2, 0.25) is 0 Å². The van der Waals surface area contributed by atoms with Crippen molar-refractivity contribution in [3.63, 3.8) is 0 Å². The first kappa shape index (κ1) is 15.3. The van der Waals surface area contributed by atoms with E-state index in [1.165, 1.54) is 0 Å². The predicted octanol–water partition coefficient (Wildman–Crippen LogP) is 2.75. The first-order valence-corrected chi connectivity index (χ1v) is 4.92. The van der Waals surface area contributed by atoms with E-state index in [4.69, 9.17) is 11.3 Å². The molecule has 20 heavy (non-hydrogen) atoms. The van der Waals surface area contributed by atoms with Crippen molar-refractivity contribution >= 4 is 17.4 Å². The molecule has 0 atom stereocenters. The Kier molecular flexibility index (Phi) is 3.92. The van der Waals surface area contributed by atoms with Crippen LogP contribution in [0.25, 0.3) is 0 Å². The number of non-ortho nitro benzene ring substituents is 1. The summed E-state index contributed by atoms with van der Waals surface area (Å²) >= 11 is 0. The van der Waals surface area contributed by atoms with Crippen molar-refractivity contribution in [1.29, 1.82) is 5.53 Å². The van der Waals surface area contributed by atoms with Gasteiger partial charge in [0.25, 0.3) is 5.69 Å². The largest absolute Gasteiger partial charge is 0.416 e. The van der Waals surface area contributed by atoms with Crippen molar-refractivity contribution < 1.29 is 22.9 Å². The number of hydrogen-bond acceptors (Lipinski definition) is 5. The van der Waals surface area contributed by atoms with Gasteiger partial charge in [-0.05, 0) is 12.5 Å². The van der Waals surface area contributed by atoms with Gasteiger partial charge in [0.1, 0.15) is 0 Å². The predicted molar refractivity (Wildman–Crippen MR) is 60.0 cm³/mol. The number of nitrogens with one attached hydrogen (secondary N) is 1. The Hall–Kier alpha value is -2.72. The molecular formula is C9H8F3N5O3. The zero-order chi connectivity index (χ0) is 15.7. The van der Waals surface area contributed by atoms with Gasteiger partial charge in [0.05, 0.1) is 16.2 Å². The van der Waals surface area contributed by atoms with Crippen molar-refractivity contribution in [2.45, 2.75) is 13.1 Å². The molecular weight excluding hydrogens is 283 g/mol. The zero-order valence-corrected chi connectivity index (χ0v) is 9.93. The van der Waals surface area contributed by atoms with Crippen LogP contribution < -0.4 is 10.7 Å². The zero-order valence-electron chi connectivity index (χ0n) is 9.93. The van der Waals surface area contributed by atoms with Gasteiger partial charge in [-0.15, -0.1) is 0 Å². The topological polar surface area (TPSA) is 126 Å². The third kappa shape index (κ3) is 2.81. The molecule has 0 aliphatic carbocycles. The quantitative estimate of drug-likeness (QED) is 0.505. The van der Waals surface area contributed by atoms with Gasteiger partial charge in [-0.1, -0.05) is 5.22 Å². The van der Waals surface area contributed by atoms with Crippen LogP contribution in [0, 0.1) is 22.6 Å². The molecule has 108 valence electrons. The molecule has 0 unspecified atom stereocenters. The van der Waals surface area contributed by atoms with E-state index in [2.05, 4.69) is 5.22 Å². The van der Waals surface area contributed by atoms with Gasteiger partial charge in [0.2, 0.25) is 0 Å². The van der Waals surface area contributed by atoms with Gasteiger partial charge in [-0.3, -0.25) is 10.1 Å². The minimum atomic E-state index is -4.86. The van der Waals surface area contributed by atoms with Crippen molar-refractivity contribution in [3.05, 3.63) is 33.4 Å². The Morgan fingerprint density at radius 2 is 2.05 bits per heavy atom. The molecule has 2 amide bonds. The molecule has 0 aromatic heterocycles. The lowest BCUT2D eigenvalue weighted by Gasteiger charge is -2.18. The molecule has 1 aromatic rings. The normalized spacial score (nSPS) is 11.0. The minimum absolute atomic E-state index is 0.136. The molecule has 0 radical (unpaired) electrons. The Morgan fingerprint density at radius 3 is 2.40 bits per heavy atom. The summed E-state index contributed by atoms with van der Waals surface area (Å²) in [6.45, 7) is 0.989. The second-order valence-electron chi connectivity index (χ2n) is 3.64. The van der Waals surface area contributed by atoms with E-state index in [-0.39, 0.29) is 5.01 Å². The van der Waals surface area contributed by atoms with E-state index in [0.717, 1.165) is 6.92 Å². The number of primary amides is 1. The molecule has 3 N–H and O–H groups in total. The summed E-state index contributed by atoms with van der Waals surface area (Å²) < 4.78 is 38.4. The van der Waals surface area contributed by atoms with E-state index in [0.29, 0.717) is 12.1 Å². The number of carbonyl (C=O) groups excluding carboxylic acids is 1. The number of amides is 2. The number of alkyl halides is 3. The monoisotopic (exact) mass is 291 g/mol. The standard InChI is InChI=1S/C9H8F3N5O3/c1-4-6(9(10,11)12)2-5(17(19)20)3-7(4)16(15-14)8(13)18/h2-3,14H,1H3,(H2,13,18). The number of nitrogens with zero attached hydrogens (tertiary/aromatic N) is 3. The van der Waals surface area contributed by atoms with Crippen molar-refractivity contribution in [1.82, 2.24) is 0 Å². The Morgan fingerprint density at radius 1 is 1.50 bits per heavy atom. The average molecular weight is 291 g/mol. The number of benzene rings is 1. The summed E-state index contributed by atoms with van der Waals surface area (Å²) in [5.41, 5.74) is 8.30. The fourth-order valence-electron chi connectivity index (χ4n) is 1.53. The minimum Gasteiger partial charge on any atom is -0.350 e. The maximum atomic E-state index is 12.8. The first-order valence-electron chi connectivity index (χ1n) is 4.92. The van der Waals surface area contributed by atoms with Gasteiger partial charge >= 0.3 is 12.2 Å². The summed E-state index contributed by atoms with van der Waals surface area (Å²) in [4.78, 5) is 20.6. The highest BCUT2D eigenvalue weighted by atomic mass is 19.4. The number of carbonyl (C=O) groups is 1. The van der Waals surface area contributed by atoms with Crippen LogP contribution in [0.15, 0.2) is 17.4 Å². The Labute approximate surface area is 109 Å². The molecule has 1 aromatic carbocycles. The lowest BCUT2D eigenvalue weighted by atomic mass is 10.0. The van der Waals surface area contributed by atoms with Gasteiger partial charge < -0.3 is 5.73 Å². The lowest BCUT2D eigenvalue weighted by molar-refractivity contribution is -0.385. The fourth-order valence-corrected chi connectivity index (χ4v) is 1.53. The smallest absolute Gasteiger partial charge is 0.350 e. The van der Waals surface area contributed by atoms with Crippen molar-refractivity contribution in [2.24, 2.45) is 11.0 Å². The van der Waals surface area contributed by atoms with Crippen LogP contribution in [0.5, 0.6) is 0 Å². The molecule has 8 nitrogen and oxygen atoms in total. The van der Waals surface area contributed by atoms with Crippen LogP contribution in [0.4, 0.5) is 29.3 Å². The van der Waals surface area contributed by atoms with Crippen LogP contribution >= 0.6 is 0 Å². The fraction of sp³-hybridized carbons (Fsp3) is 0.222. The second kappa shape index (κ2) is 5.11. The van der Waals surface area contributed by atoms with Gasteiger partial charge in [-0.25, -0.2) is 4.79 Å². The number of urea groups is 1. The number of anilines is 1. The van der Waals surface area contributed by atoms with Gasteiger partial charge in [0, 0.05) is 12.1 Å². The molecule has 1 rings (SSSR count). The first-order chi connectivity index (χ1) is 9.09. The summed E-state index contributed by atoms with van der Waals surface area (Å²) in [5, 5.41) is 13.4. The van der Waals surface area contributed by atoms with Crippen molar-refractivity contribution in [3.8, 4) is 0 Å². The second-order valence-corrected chi connectivity index (χ2v) is 3.64. The van der Waals surface area contributed by atoms with Gasteiger partial charge in [0.15, 0.2) is 0 Å². The summed E-state index contributed by atoms with van der Waals surface area (Å²) in [7, 11) is 0. The maximum absolute atomic E-state index is 12.8. The van der Waals surface area contributed by atoms with Crippen molar-refractivity contribution in [2.75, 3.05) is 5.01 Å². The highest BCUT2D eigenvalue weighted by molar-refractivity contribution is 5.91. The number of nitrogens with two attached hydrogens (primary N) is 1. The molecule has 0 spiro atoms. The average Bonchev–Trinajstić information content (AvgIpc) is 2.29. The third-order valence-corrected chi connectivity index (χ3v) is 2.42. The van der Waals surface area contributed by atoms with E-state index >= 15 is 0 Å². The summed E-state index contributed by atoms with van der Waals surface area (Å²) in [6.07, 6.45) is -4.86. The Bertz CT molecular complexity index is 587. The number of rotatable bonds is 3. The SMILES string of the molecule is Cc1c(N(N=N)C(N)=O)cc([N+](=O)[O-])cc1C(F)(F)F. The Balaban J connectivity index is 3.67. The highest BCUT2D eigenvalue weighted by Crippen LogP contribution is 2.39. The van der Waals surface area contributed by atoms with E-state index in [9.17, 15) is 28.1 Å². The number of nitro groups is 1. The lowest BCUT2D eigenvalue weighted by Crippen LogP contribution is -2.31. The van der Waals surface area contributed by atoms with Crippen LogP contribution in [0.3, 0.4) is 0 Å². The third-order valence-electron chi connectivity index (χ3n) is 2.42. The number of hydrogen-bond donors (Lipinski definition) is 2. The van der Waals surface area contributed by atoms with Crippen LogP contribution in [-0.4, -0.2) is 11.0 Å². The molecule has 0 heterocycles. The molecule has 0 fully saturated rings. The maximum Gasteiger partial charge on any atom is 0.416 e. The molecule has 11 heteroatoms.